The summed E-state index contributed by atoms with van der Waals surface area (Å²) in [6, 6.07) is 11.5. The van der Waals surface area contributed by atoms with Gasteiger partial charge in [-0.3, -0.25) is 9.59 Å². The molecule has 2 aromatic carbocycles. The van der Waals surface area contributed by atoms with E-state index in [1.807, 2.05) is 24.0 Å². The Balaban J connectivity index is 1.49. The van der Waals surface area contributed by atoms with E-state index in [0.29, 0.717) is 30.0 Å². The molecule has 33 heavy (non-hydrogen) atoms. The molecule has 6 nitrogen and oxygen atoms in total. The second-order valence-corrected chi connectivity index (χ2v) is 8.50. The molecule has 1 amide bonds. The van der Waals surface area contributed by atoms with Gasteiger partial charge in [-0.2, -0.15) is 0 Å². The van der Waals surface area contributed by atoms with E-state index in [-0.39, 0.29) is 23.9 Å². The molecule has 1 aliphatic rings. The minimum Gasteiger partial charge on any atom is -0.460 e. The van der Waals surface area contributed by atoms with E-state index in [1.165, 1.54) is 12.1 Å². The second-order valence-electron chi connectivity index (χ2n) is 8.50. The fourth-order valence-electron chi connectivity index (χ4n) is 4.51. The van der Waals surface area contributed by atoms with Crippen LogP contribution in [0.25, 0.3) is 10.9 Å². The third kappa shape index (κ3) is 4.82. The molecule has 2 heterocycles. The number of carbonyl (C=O) groups is 3. The maximum Gasteiger partial charge on any atom is 0.379 e. The average molecular weight is 451 g/mol. The molecule has 0 unspecified atom stereocenters. The monoisotopic (exact) mass is 450 g/mol. The molecular weight excluding hydrogens is 423 g/mol. The van der Waals surface area contributed by atoms with Crippen molar-refractivity contribution in [3.8, 4) is 0 Å². The first kappa shape index (κ1) is 22.7. The number of aryl methyl sites for hydroxylation is 1. The normalized spacial score (nSPS) is 14.5. The number of hydrogen-bond donors (Lipinski definition) is 1. The molecule has 1 fully saturated rings. The lowest BCUT2D eigenvalue weighted by Gasteiger charge is -2.32. The fourth-order valence-corrected chi connectivity index (χ4v) is 4.51. The Morgan fingerprint density at radius 1 is 1.09 bits per heavy atom. The summed E-state index contributed by atoms with van der Waals surface area (Å²) in [4.78, 5) is 42.7. The number of halogens is 1. The third-order valence-corrected chi connectivity index (χ3v) is 6.26. The summed E-state index contributed by atoms with van der Waals surface area (Å²) in [5, 5.41) is 0.626. The van der Waals surface area contributed by atoms with Crippen molar-refractivity contribution in [2.24, 2.45) is 5.92 Å². The van der Waals surface area contributed by atoms with Crippen molar-refractivity contribution in [3.05, 3.63) is 70.7 Å². The Bertz CT molecular complexity index is 1190. The predicted octanol–water partition coefficient (Wildman–Crippen LogP) is 4.46. The van der Waals surface area contributed by atoms with Crippen LogP contribution in [0.15, 0.2) is 42.5 Å². The summed E-state index contributed by atoms with van der Waals surface area (Å²) < 4.78 is 18.0. The van der Waals surface area contributed by atoms with Crippen LogP contribution in [0.4, 0.5) is 4.39 Å². The highest BCUT2D eigenvalue weighted by Gasteiger charge is 2.27. The van der Waals surface area contributed by atoms with E-state index in [2.05, 4.69) is 4.98 Å². The fraction of sp³-hybridized carbons (Fsp3) is 0.346. The Hall–Kier alpha value is -3.48. The van der Waals surface area contributed by atoms with Crippen molar-refractivity contribution < 1.29 is 23.5 Å². The Kier molecular flexibility index (Phi) is 6.58. The van der Waals surface area contributed by atoms with Crippen molar-refractivity contribution in [2.75, 3.05) is 19.7 Å². The van der Waals surface area contributed by atoms with E-state index < -0.39 is 11.8 Å². The van der Waals surface area contributed by atoms with Gasteiger partial charge < -0.3 is 14.6 Å². The number of ether oxygens (including phenoxy) is 1. The van der Waals surface area contributed by atoms with Crippen molar-refractivity contribution >= 4 is 28.6 Å². The number of H-pyrrole nitrogens is 1. The lowest BCUT2D eigenvalue weighted by atomic mass is 9.90. The minimum absolute atomic E-state index is 0.0836. The highest BCUT2D eigenvalue weighted by Crippen LogP contribution is 2.28. The van der Waals surface area contributed by atoms with Crippen LogP contribution in [0.1, 0.15) is 51.7 Å². The molecule has 1 saturated heterocycles. The zero-order valence-corrected chi connectivity index (χ0v) is 18.8. The Morgan fingerprint density at radius 3 is 2.45 bits per heavy atom. The van der Waals surface area contributed by atoms with Gasteiger partial charge in [-0.15, -0.1) is 0 Å². The number of likely N-dealkylation sites (tertiary alicyclic amines) is 1. The number of rotatable bonds is 6. The van der Waals surface area contributed by atoms with Gasteiger partial charge in [0.25, 0.3) is 11.7 Å². The van der Waals surface area contributed by atoms with Gasteiger partial charge in [0.05, 0.1) is 12.2 Å². The van der Waals surface area contributed by atoms with Crippen LogP contribution < -0.4 is 0 Å². The predicted molar refractivity (Wildman–Crippen MR) is 123 cm³/mol. The summed E-state index contributed by atoms with van der Waals surface area (Å²) in [7, 11) is 0. The van der Waals surface area contributed by atoms with Crippen LogP contribution in [-0.2, 0) is 16.0 Å². The topological polar surface area (TPSA) is 79.5 Å². The molecule has 0 atom stereocenters. The number of aromatic amines is 1. The first-order valence-corrected chi connectivity index (χ1v) is 11.2. The number of piperidine rings is 1. The number of benzene rings is 2. The highest BCUT2D eigenvalue weighted by atomic mass is 19.1. The Labute approximate surface area is 191 Å². The smallest absolute Gasteiger partial charge is 0.379 e. The molecule has 1 aromatic heterocycles. The van der Waals surface area contributed by atoms with Crippen molar-refractivity contribution in [2.45, 2.75) is 33.1 Å². The summed E-state index contributed by atoms with van der Waals surface area (Å²) in [5.74, 6) is -1.50. The summed E-state index contributed by atoms with van der Waals surface area (Å²) >= 11 is 0. The molecular formula is C26H27FN2O4. The number of fused-ring (bicyclic) bond motifs is 1. The largest absolute Gasteiger partial charge is 0.460 e. The van der Waals surface area contributed by atoms with Crippen LogP contribution in [0.5, 0.6) is 0 Å². The summed E-state index contributed by atoms with van der Waals surface area (Å²) in [6.45, 7) is 4.87. The molecule has 172 valence electrons. The van der Waals surface area contributed by atoms with Crippen LogP contribution in [0, 0.1) is 18.7 Å². The maximum absolute atomic E-state index is 13.4. The maximum atomic E-state index is 13.4. The third-order valence-electron chi connectivity index (χ3n) is 6.26. The summed E-state index contributed by atoms with van der Waals surface area (Å²) in [5.41, 5.74) is 3.30. The van der Waals surface area contributed by atoms with E-state index in [1.54, 1.807) is 25.1 Å². The molecule has 0 bridgehead atoms. The van der Waals surface area contributed by atoms with Gasteiger partial charge in [-0.05, 0) is 74.9 Å². The average Bonchev–Trinajstić information content (AvgIpc) is 3.15. The molecule has 0 radical (unpaired) electrons. The zero-order chi connectivity index (χ0) is 23.5. The van der Waals surface area contributed by atoms with Gasteiger partial charge in [0.15, 0.2) is 0 Å². The van der Waals surface area contributed by atoms with Gasteiger partial charge in [0.1, 0.15) is 5.82 Å². The van der Waals surface area contributed by atoms with Gasteiger partial charge in [-0.1, -0.05) is 12.1 Å². The molecule has 3 aromatic rings. The molecule has 1 aliphatic heterocycles. The van der Waals surface area contributed by atoms with Gasteiger partial charge in [-0.25, -0.2) is 9.18 Å². The lowest BCUT2D eigenvalue weighted by molar-refractivity contribution is -0.137. The first-order chi connectivity index (χ1) is 15.9. The van der Waals surface area contributed by atoms with E-state index >= 15 is 0 Å². The van der Waals surface area contributed by atoms with E-state index in [9.17, 15) is 18.8 Å². The molecule has 4 rings (SSSR count). The standard InChI is InChI=1S/C26H27FN2O4/c1-3-33-26(32)24(30)19-6-9-22-21(15-19)23(16(2)28-22)25(31)29-12-10-18(11-13-29)14-17-4-7-20(27)8-5-17/h4-9,15,18,28H,3,10-14H2,1-2H3. The van der Waals surface area contributed by atoms with Crippen LogP contribution >= 0.6 is 0 Å². The van der Waals surface area contributed by atoms with Crippen molar-refractivity contribution in [1.29, 1.82) is 0 Å². The highest BCUT2D eigenvalue weighted by molar-refractivity contribution is 6.41. The number of hydrogen-bond acceptors (Lipinski definition) is 4. The van der Waals surface area contributed by atoms with E-state index in [0.717, 1.165) is 36.0 Å². The number of nitrogens with one attached hydrogen (secondary N) is 1. The minimum atomic E-state index is -0.903. The second kappa shape index (κ2) is 9.57. The quantitative estimate of drug-likeness (QED) is 0.342. The van der Waals surface area contributed by atoms with Gasteiger partial charge in [0.2, 0.25) is 0 Å². The van der Waals surface area contributed by atoms with Crippen LogP contribution in [0.2, 0.25) is 0 Å². The molecule has 7 heteroatoms. The SMILES string of the molecule is CCOC(=O)C(=O)c1ccc2[nH]c(C)c(C(=O)N3CCC(Cc4ccc(F)cc4)CC3)c2c1. The van der Waals surface area contributed by atoms with Gasteiger partial charge in [0, 0.05) is 35.2 Å². The van der Waals surface area contributed by atoms with Crippen molar-refractivity contribution in [3.63, 3.8) is 0 Å². The molecule has 0 aliphatic carbocycles. The number of amides is 1. The lowest BCUT2D eigenvalue weighted by Crippen LogP contribution is -2.39. The number of nitrogens with zero attached hydrogens (tertiary/aromatic N) is 1. The number of carbonyl (C=O) groups excluding carboxylic acids is 3. The first-order valence-electron chi connectivity index (χ1n) is 11.2. The van der Waals surface area contributed by atoms with Crippen LogP contribution in [0.3, 0.4) is 0 Å². The van der Waals surface area contributed by atoms with Crippen molar-refractivity contribution in [1.82, 2.24) is 9.88 Å². The Morgan fingerprint density at radius 2 is 1.79 bits per heavy atom. The van der Waals surface area contributed by atoms with Gasteiger partial charge >= 0.3 is 5.97 Å². The zero-order valence-electron chi connectivity index (χ0n) is 18.8. The number of aromatic nitrogens is 1. The molecule has 0 spiro atoms. The number of ketones is 1. The number of esters is 1. The number of Topliss-reactive ketones (excluding diaryl/α,β-unsaturated/α-hetero) is 1. The molecule has 1 N–H and O–H groups in total. The van der Waals surface area contributed by atoms with E-state index in [4.69, 9.17) is 4.74 Å². The van der Waals surface area contributed by atoms with Crippen LogP contribution in [-0.4, -0.2) is 47.2 Å². The molecule has 0 saturated carbocycles. The summed E-state index contributed by atoms with van der Waals surface area (Å²) in [6.07, 6.45) is 2.61.